The Kier molecular flexibility index (Phi) is 6.48. The lowest BCUT2D eigenvalue weighted by Crippen LogP contribution is -2.07. The van der Waals surface area contributed by atoms with E-state index in [4.69, 9.17) is 16.3 Å². The van der Waals surface area contributed by atoms with Gasteiger partial charge in [0, 0.05) is 7.11 Å². The zero-order chi connectivity index (χ0) is 7.11. The Hall–Kier alpha value is 0.210. The van der Waals surface area contributed by atoms with Gasteiger partial charge in [-0.15, -0.1) is 0 Å². The smallest absolute Gasteiger partial charge is 0.236 e. The highest BCUT2D eigenvalue weighted by molar-refractivity contribution is 6.18. The topological polar surface area (TPSA) is 18.5 Å². The Morgan fingerprint density at radius 1 is 1.56 bits per heavy atom. The predicted octanol–water partition coefficient (Wildman–Crippen LogP) is 1.97. The van der Waals surface area contributed by atoms with Gasteiger partial charge in [-0.2, -0.15) is 0 Å². The fourth-order valence-corrected chi connectivity index (χ4v) is 0.477. The maximum Gasteiger partial charge on any atom is 0.236 e. The Labute approximate surface area is 61.1 Å². The average Bonchev–Trinajstić information content (AvgIpc) is 1.89. The number of alkyl halides is 1. The van der Waals surface area contributed by atoms with Crippen molar-refractivity contribution < 1.29 is 9.47 Å². The van der Waals surface area contributed by atoms with Crippen molar-refractivity contribution in [1.82, 2.24) is 0 Å². The van der Waals surface area contributed by atoms with E-state index in [9.17, 15) is 0 Å². The molecule has 0 fully saturated rings. The van der Waals surface area contributed by atoms with Gasteiger partial charge in [0.2, 0.25) is 5.75 Å². The van der Waals surface area contributed by atoms with Gasteiger partial charge in [0.1, 0.15) is 0 Å². The summed E-state index contributed by atoms with van der Waals surface area (Å²) in [7, 11) is 1.52. The van der Waals surface area contributed by atoms with E-state index in [-0.39, 0.29) is 0 Å². The van der Waals surface area contributed by atoms with E-state index in [1.807, 2.05) is 0 Å². The summed E-state index contributed by atoms with van der Waals surface area (Å²) in [6.07, 6.45) is 2.15. The van der Waals surface area contributed by atoms with Crippen LogP contribution in [-0.2, 0) is 9.47 Å². The third kappa shape index (κ3) is 6.09. The standard InChI is InChI=1S/C6H13ClO2/c1-3-4-5-9-6(7)8-2/h6H,3-5H2,1-2H3. The van der Waals surface area contributed by atoms with E-state index < -0.39 is 5.75 Å². The van der Waals surface area contributed by atoms with Gasteiger partial charge in [-0.05, 0) is 6.42 Å². The molecule has 0 saturated carbocycles. The molecule has 0 aromatic rings. The third-order valence-corrected chi connectivity index (χ3v) is 1.24. The van der Waals surface area contributed by atoms with E-state index in [2.05, 4.69) is 11.7 Å². The number of rotatable bonds is 5. The number of hydrogen-bond acceptors (Lipinski definition) is 2. The highest BCUT2D eigenvalue weighted by Gasteiger charge is 1.97. The first-order chi connectivity index (χ1) is 4.31. The van der Waals surface area contributed by atoms with Crippen LogP contribution in [0.2, 0.25) is 0 Å². The summed E-state index contributed by atoms with van der Waals surface area (Å²) >= 11 is 5.46. The van der Waals surface area contributed by atoms with Gasteiger partial charge < -0.3 is 9.47 Å². The highest BCUT2D eigenvalue weighted by Crippen LogP contribution is 1.99. The molecular formula is C6H13ClO2. The normalized spacial score (nSPS) is 13.7. The lowest BCUT2D eigenvalue weighted by Gasteiger charge is -2.06. The number of methoxy groups -OCH3 is 1. The van der Waals surface area contributed by atoms with Gasteiger partial charge in [0.15, 0.2) is 0 Å². The minimum absolute atomic E-state index is 0.573. The molecule has 1 atom stereocenters. The van der Waals surface area contributed by atoms with Crippen LogP contribution in [0.5, 0.6) is 0 Å². The molecule has 0 spiro atoms. The first-order valence-electron chi connectivity index (χ1n) is 3.09. The molecule has 56 valence electrons. The summed E-state index contributed by atoms with van der Waals surface area (Å²) in [5, 5.41) is 0. The fourth-order valence-electron chi connectivity index (χ4n) is 0.388. The summed E-state index contributed by atoms with van der Waals surface area (Å²) < 4.78 is 9.61. The van der Waals surface area contributed by atoms with E-state index in [1.165, 1.54) is 7.11 Å². The van der Waals surface area contributed by atoms with Crippen molar-refractivity contribution in [2.45, 2.75) is 25.5 Å². The monoisotopic (exact) mass is 152 g/mol. The zero-order valence-corrected chi connectivity index (χ0v) is 6.65. The lowest BCUT2D eigenvalue weighted by atomic mass is 10.4. The Bertz CT molecular complexity index is 59.0. The second-order valence-electron chi connectivity index (χ2n) is 1.73. The first kappa shape index (κ1) is 9.21. The van der Waals surface area contributed by atoms with Crippen molar-refractivity contribution in [3.05, 3.63) is 0 Å². The lowest BCUT2D eigenvalue weighted by molar-refractivity contribution is -0.0667. The van der Waals surface area contributed by atoms with Gasteiger partial charge in [0.25, 0.3) is 0 Å². The Morgan fingerprint density at radius 2 is 2.22 bits per heavy atom. The molecule has 0 bridgehead atoms. The third-order valence-electron chi connectivity index (χ3n) is 0.932. The van der Waals surface area contributed by atoms with Crippen LogP contribution in [0.1, 0.15) is 19.8 Å². The van der Waals surface area contributed by atoms with Gasteiger partial charge in [-0.1, -0.05) is 24.9 Å². The van der Waals surface area contributed by atoms with Gasteiger partial charge in [-0.25, -0.2) is 0 Å². The van der Waals surface area contributed by atoms with Crippen molar-refractivity contribution in [2.75, 3.05) is 13.7 Å². The van der Waals surface area contributed by atoms with Gasteiger partial charge in [-0.3, -0.25) is 0 Å². The molecule has 0 aromatic carbocycles. The Morgan fingerprint density at radius 3 is 2.67 bits per heavy atom. The van der Waals surface area contributed by atoms with Crippen LogP contribution in [-0.4, -0.2) is 19.5 Å². The van der Waals surface area contributed by atoms with Crippen LogP contribution < -0.4 is 0 Å². The molecule has 2 nitrogen and oxygen atoms in total. The van der Waals surface area contributed by atoms with E-state index in [0.29, 0.717) is 6.61 Å². The first-order valence-corrected chi connectivity index (χ1v) is 3.53. The van der Waals surface area contributed by atoms with Crippen LogP contribution in [0.3, 0.4) is 0 Å². The molecular weight excluding hydrogens is 140 g/mol. The summed E-state index contributed by atoms with van der Waals surface area (Å²) in [5.74, 6) is -0.573. The zero-order valence-electron chi connectivity index (χ0n) is 5.89. The predicted molar refractivity (Wildman–Crippen MR) is 37.5 cm³/mol. The second kappa shape index (κ2) is 6.33. The van der Waals surface area contributed by atoms with Crippen molar-refractivity contribution >= 4 is 11.6 Å². The Balaban J connectivity index is 2.88. The van der Waals surface area contributed by atoms with Crippen molar-refractivity contribution in [3.8, 4) is 0 Å². The van der Waals surface area contributed by atoms with Gasteiger partial charge >= 0.3 is 0 Å². The number of ether oxygens (including phenoxy) is 2. The quantitative estimate of drug-likeness (QED) is 0.341. The molecule has 0 N–H and O–H groups in total. The van der Waals surface area contributed by atoms with Crippen LogP contribution >= 0.6 is 11.6 Å². The average molecular weight is 153 g/mol. The minimum atomic E-state index is -0.573. The van der Waals surface area contributed by atoms with Crippen molar-refractivity contribution in [3.63, 3.8) is 0 Å². The second-order valence-corrected chi connectivity index (χ2v) is 2.09. The molecule has 0 radical (unpaired) electrons. The number of halogens is 1. The molecule has 9 heavy (non-hydrogen) atoms. The highest BCUT2D eigenvalue weighted by atomic mass is 35.5. The summed E-state index contributed by atoms with van der Waals surface area (Å²) in [6.45, 7) is 2.78. The van der Waals surface area contributed by atoms with Crippen LogP contribution in [0.15, 0.2) is 0 Å². The van der Waals surface area contributed by atoms with E-state index >= 15 is 0 Å². The molecule has 0 saturated heterocycles. The molecule has 0 amide bonds. The molecule has 0 aliphatic rings. The van der Waals surface area contributed by atoms with Crippen LogP contribution in [0.4, 0.5) is 0 Å². The van der Waals surface area contributed by atoms with Crippen LogP contribution in [0, 0.1) is 0 Å². The molecule has 0 aliphatic carbocycles. The largest absolute Gasteiger partial charge is 0.343 e. The van der Waals surface area contributed by atoms with Crippen LogP contribution in [0.25, 0.3) is 0 Å². The molecule has 0 heterocycles. The molecule has 0 aromatic heterocycles. The van der Waals surface area contributed by atoms with Crippen molar-refractivity contribution in [1.29, 1.82) is 0 Å². The molecule has 0 aliphatic heterocycles. The minimum Gasteiger partial charge on any atom is -0.343 e. The van der Waals surface area contributed by atoms with Gasteiger partial charge in [0.05, 0.1) is 6.61 Å². The number of unbranched alkanes of at least 4 members (excludes halogenated alkanes) is 1. The fraction of sp³-hybridized carbons (Fsp3) is 1.00. The SMILES string of the molecule is CCCCOC(Cl)OC. The summed E-state index contributed by atoms with van der Waals surface area (Å²) in [4.78, 5) is 0. The summed E-state index contributed by atoms with van der Waals surface area (Å²) in [5.41, 5.74) is 0. The molecule has 3 heteroatoms. The maximum absolute atomic E-state index is 5.46. The maximum atomic E-state index is 5.46. The summed E-state index contributed by atoms with van der Waals surface area (Å²) in [6, 6.07) is 0. The molecule has 1 unspecified atom stereocenters. The number of hydrogen-bond donors (Lipinski definition) is 0. The van der Waals surface area contributed by atoms with E-state index in [0.717, 1.165) is 12.8 Å². The molecule has 0 rings (SSSR count). The van der Waals surface area contributed by atoms with Crippen molar-refractivity contribution in [2.24, 2.45) is 0 Å². The van der Waals surface area contributed by atoms with E-state index in [1.54, 1.807) is 0 Å².